The first-order chi connectivity index (χ1) is 8.22. The van der Waals surface area contributed by atoms with Crippen LogP contribution in [0.2, 0.25) is 0 Å². The largest absolute Gasteiger partial charge is 0.311 e. The van der Waals surface area contributed by atoms with Crippen LogP contribution < -0.4 is 5.32 Å². The molecule has 0 bridgehead atoms. The summed E-state index contributed by atoms with van der Waals surface area (Å²) in [5, 5.41) is 3.84. The summed E-state index contributed by atoms with van der Waals surface area (Å²) in [6, 6.07) is 1.51. The van der Waals surface area contributed by atoms with E-state index in [-0.39, 0.29) is 0 Å². The summed E-state index contributed by atoms with van der Waals surface area (Å²) in [6.45, 7) is 7.17. The highest BCUT2D eigenvalue weighted by Gasteiger charge is 2.32. The van der Waals surface area contributed by atoms with Crippen molar-refractivity contribution >= 4 is 0 Å². The molecule has 2 heteroatoms. The standard InChI is InChI=1S/C15H30N2/c1-4-12(2)15-10-16-14(11-17(15)3)13-8-6-5-7-9-13/h12-16H,4-11H2,1-3H3. The molecule has 0 spiro atoms. The topological polar surface area (TPSA) is 15.3 Å². The molecule has 1 saturated heterocycles. The van der Waals surface area contributed by atoms with Gasteiger partial charge in [0.25, 0.3) is 0 Å². The van der Waals surface area contributed by atoms with Crippen molar-refractivity contribution in [2.75, 3.05) is 20.1 Å². The molecule has 2 fully saturated rings. The number of rotatable bonds is 3. The molecule has 0 aromatic carbocycles. The average Bonchev–Trinajstić information content (AvgIpc) is 2.39. The Morgan fingerprint density at radius 2 is 1.94 bits per heavy atom. The lowest BCUT2D eigenvalue weighted by Gasteiger charge is -2.44. The Kier molecular flexibility index (Phi) is 4.87. The van der Waals surface area contributed by atoms with E-state index >= 15 is 0 Å². The van der Waals surface area contributed by atoms with Crippen LogP contribution in [0.1, 0.15) is 52.4 Å². The van der Waals surface area contributed by atoms with Crippen LogP contribution in [0.4, 0.5) is 0 Å². The van der Waals surface area contributed by atoms with Gasteiger partial charge in [0.05, 0.1) is 0 Å². The lowest BCUT2D eigenvalue weighted by Crippen LogP contribution is -2.59. The van der Waals surface area contributed by atoms with Crippen LogP contribution >= 0.6 is 0 Å². The molecular formula is C15H30N2. The molecule has 1 aliphatic carbocycles. The zero-order chi connectivity index (χ0) is 12.3. The average molecular weight is 238 g/mol. The molecule has 2 nitrogen and oxygen atoms in total. The van der Waals surface area contributed by atoms with E-state index in [0.717, 1.165) is 23.9 Å². The van der Waals surface area contributed by atoms with E-state index in [4.69, 9.17) is 0 Å². The van der Waals surface area contributed by atoms with Crippen molar-refractivity contribution in [2.45, 2.75) is 64.5 Å². The van der Waals surface area contributed by atoms with Gasteiger partial charge in [0, 0.05) is 25.2 Å². The van der Waals surface area contributed by atoms with Crippen LogP contribution in [0, 0.1) is 11.8 Å². The maximum atomic E-state index is 3.84. The van der Waals surface area contributed by atoms with Crippen molar-refractivity contribution in [1.29, 1.82) is 0 Å². The third-order valence-corrected chi connectivity index (χ3v) is 5.16. The van der Waals surface area contributed by atoms with Crippen molar-refractivity contribution in [3.05, 3.63) is 0 Å². The van der Waals surface area contributed by atoms with Crippen LogP contribution in [-0.2, 0) is 0 Å². The normalized spacial score (nSPS) is 34.8. The van der Waals surface area contributed by atoms with Gasteiger partial charge in [-0.25, -0.2) is 0 Å². The molecule has 100 valence electrons. The molecule has 1 N–H and O–H groups in total. The second-order valence-corrected chi connectivity index (χ2v) is 6.31. The van der Waals surface area contributed by atoms with Gasteiger partial charge in [0.15, 0.2) is 0 Å². The zero-order valence-electron chi connectivity index (χ0n) is 11.9. The molecular weight excluding hydrogens is 208 g/mol. The van der Waals surface area contributed by atoms with Gasteiger partial charge in [-0.3, -0.25) is 0 Å². The molecule has 0 radical (unpaired) electrons. The predicted octanol–water partition coefficient (Wildman–Crippen LogP) is 2.89. The Balaban J connectivity index is 1.85. The van der Waals surface area contributed by atoms with Gasteiger partial charge in [0.1, 0.15) is 0 Å². The van der Waals surface area contributed by atoms with E-state index in [9.17, 15) is 0 Å². The van der Waals surface area contributed by atoms with Gasteiger partial charge in [0.2, 0.25) is 0 Å². The minimum Gasteiger partial charge on any atom is -0.311 e. The minimum absolute atomic E-state index is 0.750. The van der Waals surface area contributed by atoms with E-state index in [1.165, 1.54) is 51.6 Å². The summed E-state index contributed by atoms with van der Waals surface area (Å²) >= 11 is 0. The Morgan fingerprint density at radius 3 is 2.53 bits per heavy atom. The molecule has 1 heterocycles. The third kappa shape index (κ3) is 3.23. The van der Waals surface area contributed by atoms with E-state index in [0.29, 0.717) is 0 Å². The maximum absolute atomic E-state index is 3.84. The van der Waals surface area contributed by atoms with Crippen LogP contribution in [0.25, 0.3) is 0 Å². The van der Waals surface area contributed by atoms with Crippen molar-refractivity contribution in [3.8, 4) is 0 Å². The van der Waals surface area contributed by atoms with Crippen molar-refractivity contribution < 1.29 is 0 Å². The molecule has 0 aromatic rings. The Bertz CT molecular complexity index is 223. The second kappa shape index (κ2) is 6.19. The fourth-order valence-corrected chi connectivity index (χ4v) is 3.70. The first-order valence-corrected chi connectivity index (χ1v) is 7.66. The zero-order valence-corrected chi connectivity index (χ0v) is 11.9. The lowest BCUT2D eigenvalue weighted by atomic mass is 9.82. The summed E-state index contributed by atoms with van der Waals surface area (Å²) in [7, 11) is 2.33. The summed E-state index contributed by atoms with van der Waals surface area (Å²) in [5.74, 6) is 1.77. The van der Waals surface area contributed by atoms with Crippen LogP contribution in [0.3, 0.4) is 0 Å². The molecule has 1 aliphatic heterocycles. The summed E-state index contributed by atoms with van der Waals surface area (Å²) in [5.41, 5.74) is 0. The molecule has 3 unspecified atom stereocenters. The van der Waals surface area contributed by atoms with Gasteiger partial charge in [-0.15, -0.1) is 0 Å². The van der Waals surface area contributed by atoms with Gasteiger partial charge in [-0.1, -0.05) is 39.5 Å². The molecule has 0 amide bonds. The van der Waals surface area contributed by atoms with Crippen molar-refractivity contribution in [3.63, 3.8) is 0 Å². The summed E-state index contributed by atoms with van der Waals surface area (Å²) < 4.78 is 0. The molecule has 0 aromatic heterocycles. The SMILES string of the molecule is CCC(C)C1CNC(C2CCCCC2)CN1C. The van der Waals surface area contributed by atoms with E-state index in [1.807, 2.05) is 0 Å². The fraction of sp³-hybridized carbons (Fsp3) is 1.00. The number of hydrogen-bond acceptors (Lipinski definition) is 2. The lowest BCUT2D eigenvalue weighted by molar-refractivity contribution is 0.0893. The molecule has 3 atom stereocenters. The number of hydrogen-bond donors (Lipinski definition) is 1. The monoisotopic (exact) mass is 238 g/mol. The quantitative estimate of drug-likeness (QED) is 0.813. The predicted molar refractivity (Wildman–Crippen MR) is 74.2 cm³/mol. The highest BCUT2D eigenvalue weighted by Crippen LogP contribution is 2.29. The number of piperazine rings is 1. The Hall–Kier alpha value is -0.0800. The maximum Gasteiger partial charge on any atom is 0.0243 e. The van der Waals surface area contributed by atoms with Crippen LogP contribution in [0.15, 0.2) is 0 Å². The second-order valence-electron chi connectivity index (χ2n) is 6.31. The van der Waals surface area contributed by atoms with Crippen molar-refractivity contribution in [1.82, 2.24) is 10.2 Å². The van der Waals surface area contributed by atoms with Gasteiger partial charge in [-0.05, 0) is 31.7 Å². The van der Waals surface area contributed by atoms with Gasteiger partial charge in [-0.2, -0.15) is 0 Å². The number of likely N-dealkylation sites (N-methyl/N-ethyl adjacent to an activating group) is 1. The fourth-order valence-electron chi connectivity index (χ4n) is 3.70. The molecule has 17 heavy (non-hydrogen) atoms. The van der Waals surface area contributed by atoms with Gasteiger partial charge < -0.3 is 10.2 Å². The van der Waals surface area contributed by atoms with E-state index in [2.05, 4.69) is 31.1 Å². The Labute approximate surface area is 107 Å². The van der Waals surface area contributed by atoms with Crippen molar-refractivity contribution in [2.24, 2.45) is 11.8 Å². The minimum atomic E-state index is 0.750. The first kappa shape index (κ1) is 13.4. The highest BCUT2D eigenvalue weighted by molar-refractivity contribution is 4.90. The molecule has 2 aliphatic rings. The highest BCUT2D eigenvalue weighted by atomic mass is 15.2. The molecule has 2 rings (SSSR count). The van der Waals surface area contributed by atoms with E-state index in [1.54, 1.807) is 0 Å². The van der Waals surface area contributed by atoms with Gasteiger partial charge >= 0.3 is 0 Å². The number of nitrogens with zero attached hydrogens (tertiary/aromatic N) is 1. The molecule has 1 saturated carbocycles. The summed E-state index contributed by atoms with van der Waals surface area (Å²) in [6.07, 6.45) is 8.60. The summed E-state index contributed by atoms with van der Waals surface area (Å²) in [4.78, 5) is 2.62. The Morgan fingerprint density at radius 1 is 1.24 bits per heavy atom. The van der Waals surface area contributed by atoms with Crippen LogP contribution in [-0.4, -0.2) is 37.1 Å². The van der Waals surface area contributed by atoms with E-state index < -0.39 is 0 Å². The van der Waals surface area contributed by atoms with Crippen LogP contribution in [0.5, 0.6) is 0 Å². The smallest absolute Gasteiger partial charge is 0.0243 e. The first-order valence-electron chi connectivity index (χ1n) is 7.66. The number of nitrogens with one attached hydrogen (secondary N) is 1. The third-order valence-electron chi connectivity index (χ3n) is 5.16.